The molecule has 2 rings (SSSR count). The van der Waals surface area contributed by atoms with Crippen molar-refractivity contribution in [3.63, 3.8) is 0 Å². The van der Waals surface area contributed by atoms with Crippen LogP contribution in [0.2, 0.25) is 0 Å². The Labute approximate surface area is 116 Å². The largest absolute Gasteiger partial charge is 0.390 e. The Morgan fingerprint density at radius 2 is 2.21 bits per heavy atom. The van der Waals surface area contributed by atoms with Gasteiger partial charge in [-0.15, -0.1) is 0 Å². The van der Waals surface area contributed by atoms with Crippen LogP contribution in [0.1, 0.15) is 19.8 Å². The normalized spacial score (nSPS) is 12.9. The van der Waals surface area contributed by atoms with Crippen LogP contribution in [0.5, 0.6) is 0 Å². The molecular weight excluding hydrogens is 260 g/mol. The first kappa shape index (κ1) is 14.2. The van der Waals surface area contributed by atoms with E-state index < -0.39 is 6.10 Å². The van der Waals surface area contributed by atoms with E-state index in [2.05, 4.69) is 12.2 Å². The highest BCUT2D eigenvalue weighted by Crippen LogP contribution is 2.16. The van der Waals surface area contributed by atoms with Gasteiger partial charge in [0.05, 0.1) is 22.9 Å². The Kier molecular flexibility index (Phi) is 5.13. The van der Waals surface area contributed by atoms with Gasteiger partial charge in [-0.1, -0.05) is 36.8 Å². The van der Waals surface area contributed by atoms with Crippen molar-refractivity contribution in [3.8, 4) is 0 Å². The summed E-state index contributed by atoms with van der Waals surface area (Å²) in [7, 11) is 0. The molecule has 0 aliphatic rings. The van der Waals surface area contributed by atoms with Crippen LogP contribution in [0.15, 0.2) is 29.1 Å². The molecular formula is C14H20N2O2S. The van der Waals surface area contributed by atoms with Crippen molar-refractivity contribution in [1.29, 1.82) is 0 Å². The Balaban J connectivity index is 2.00. The van der Waals surface area contributed by atoms with Gasteiger partial charge in [0.1, 0.15) is 0 Å². The standard InChI is InChI=1S/C14H20N2O2S/c1-2-3-8-15-9-11(17)10-16-12-6-4-5-7-13(12)19-14(16)18/h4-7,11,15,17H,2-3,8-10H2,1H3/t11-/m1/s1. The molecule has 0 saturated heterocycles. The van der Waals surface area contributed by atoms with E-state index in [0.29, 0.717) is 13.1 Å². The number of para-hydroxylation sites is 1. The number of aromatic nitrogens is 1. The van der Waals surface area contributed by atoms with E-state index in [1.807, 2.05) is 24.3 Å². The summed E-state index contributed by atoms with van der Waals surface area (Å²) >= 11 is 1.23. The molecule has 0 saturated carbocycles. The highest BCUT2D eigenvalue weighted by Gasteiger charge is 2.11. The molecule has 0 radical (unpaired) electrons. The first-order chi connectivity index (χ1) is 9.22. The van der Waals surface area contributed by atoms with E-state index in [1.54, 1.807) is 4.57 Å². The third-order valence-corrected chi connectivity index (χ3v) is 4.01. The average Bonchev–Trinajstić information content (AvgIpc) is 2.72. The first-order valence-corrected chi connectivity index (χ1v) is 7.51. The van der Waals surface area contributed by atoms with Crippen LogP contribution < -0.4 is 10.2 Å². The van der Waals surface area contributed by atoms with Gasteiger partial charge in [-0.05, 0) is 25.1 Å². The summed E-state index contributed by atoms with van der Waals surface area (Å²) in [5, 5.41) is 13.2. The van der Waals surface area contributed by atoms with Gasteiger partial charge in [-0.25, -0.2) is 0 Å². The number of hydrogen-bond acceptors (Lipinski definition) is 4. The molecule has 0 spiro atoms. The molecule has 0 amide bonds. The lowest BCUT2D eigenvalue weighted by atomic mass is 10.3. The Morgan fingerprint density at radius 3 is 3.00 bits per heavy atom. The third kappa shape index (κ3) is 3.65. The third-order valence-electron chi connectivity index (χ3n) is 3.05. The molecule has 104 valence electrons. The second-order valence-corrected chi connectivity index (χ2v) is 5.65. The van der Waals surface area contributed by atoms with Crippen molar-refractivity contribution in [2.75, 3.05) is 13.1 Å². The Bertz CT molecular complexity index is 576. The van der Waals surface area contributed by atoms with Gasteiger partial charge in [-0.2, -0.15) is 0 Å². The van der Waals surface area contributed by atoms with Crippen molar-refractivity contribution in [1.82, 2.24) is 9.88 Å². The molecule has 1 aromatic carbocycles. The molecule has 2 N–H and O–H groups in total. The molecule has 0 aliphatic carbocycles. The van der Waals surface area contributed by atoms with E-state index in [0.717, 1.165) is 29.6 Å². The predicted molar refractivity (Wildman–Crippen MR) is 79.9 cm³/mol. The van der Waals surface area contributed by atoms with Gasteiger partial charge < -0.3 is 10.4 Å². The van der Waals surface area contributed by atoms with Crippen molar-refractivity contribution < 1.29 is 5.11 Å². The summed E-state index contributed by atoms with van der Waals surface area (Å²) in [6, 6.07) is 7.69. The molecule has 1 aromatic heterocycles. The highest BCUT2D eigenvalue weighted by molar-refractivity contribution is 7.16. The number of fused-ring (bicyclic) bond motifs is 1. The fourth-order valence-electron chi connectivity index (χ4n) is 2.03. The predicted octanol–water partition coefficient (Wildman–Crippen LogP) is 1.81. The number of unbranched alkanes of at least 4 members (excludes halogenated alkanes) is 1. The summed E-state index contributed by atoms with van der Waals surface area (Å²) in [6.07, 6.45) is 1.71. The molecule has 0 bridgehead atoms. The quantitative estimate of drug-likeness (QED) is 0.761. The zero-order valence-corrected chi connectivity index (χ0v) is 11.9. The van der Waals surface area contributed by atoms with Gasteiger partial charge in [0.15, 0.2) is 0 Å². The van der Waals surface area contributed by atoms with Crippen LogP contribution in [0, 0.1) is 0 Å². The van der Waals surface area contributed by atoms with Gasteiger partial charge >= 0.3 is 4.87 Å². The lowest BCUT2D eigenvalue weighted by Gasteiger charge is -2.12. The maximum atomic E-state index is 11.9. The SMILES string of the molecule is CCCCNC[C@@H](O)Cn1c(=O)sc2ccccc21. The number of thiazole rings is 1. The topological polar surface area (TPSA) is 54.3 Å². The van der Waals surface area contributed by atoms with Crippen LogP contribution in [0.25, 0.3) is 10.2 Å². The van der Waals surface area contributed by atoms with Crippen LogP contribution >= 0.6 is 11.3 Å². The minimum absolute atomic E-state index is 0.00573. The fraction of sp³-hybridized carbons (Fsp3) is 0.500. The van der Waals surface area contributed by atoms with Crippen molar-refractivity contribution in [2.45, 2.75) is 32.4 Å². The van der Waals surface area contributed by atoms with E-state index >= 15 is 0 Å². The van der Waals surface area contributed by atoms with Crippen molar-refractivity contribution in [2.24, 2.45) is 0 Å². The summed E-state index contributed by atoms with van der Waals surface area (Å²) < 4.78 is 2.63. The van der Waals surface area contributed by atoms with E-state index in [4.69, 9.17) is 0 Å². The van der Waals surface area contributed by atoms with Gasteiger partial charge in [0.25, 0.3) is 0 Å². The molecule has 1 heterocycles. The van der Waals surface area contributed by atoms with Crippen molar-refractivity contribution >= 4 is 21.6 Å². The molecule has 4 nitrogen and oxygen atoms in total. The monoisotopic (exact) mass is 280 g/mol. The van der Waals surface area contributed by atoms with Crippen LogP contribution in [0.4, 0.5) is 0 Å². The summed E-state index contributed by atoms with van der Waals surface area (Å²) in [6.45, 7) is 3.92. The number of rotatable bonds is 7. The van der Waals surface area contributed by atoms with E-state index in [1.165, 1.54) is 11.3 Å². The van der Waals surface area contributed by atoms with Gasteiger partial charge in [0, 0.05) is 6.54 Å². The fourth-order valence-corrected chi connectivity index (χ4v) is 2.93. The van der Waals surface area contributed by atoms with Crippen molar-refractivity contribution in [3.05, 3.63) is 33.9 Å². The molecule has 5 heteroatoms. The zero-order chi connectivity index (χ0) is 13.7. The Hall–Kier alpha value is -1.17. The molecule has 1 atom stereocenters. The second-order valence-electron chi connectivity index (χ2n) is 4.66. The maximum Gasteiger partial charge on any atom is 0.308 e. The average molecular weight is 280 g/mol. The molecule has 0 unspecified atom stereocenters. The zero-order valence-electron chi connectivity index (χ0n) is 11.1. The molecule has 2 aromatic rings. The number of aliphatic hydroxyl groups excluding tert-OH is 1. The number of aliphatic hydroxyl groups is 1. The van der Waals surface area contributed by atoms with Gasteiger partial charge in [0.2, 0.25) is 0 Å². The molecule has 19 heavy (non-hydrogen) atoms. The van der Waals surface area contributed by atoms with E-state index in [9.17, 15) is 9.90 Å². The molecule has 0 fully saturated rings. The second kappa shape index (κ2) is 6.84. The number of benzene rings is 1. The van der Waals surface area contributed by atoms with Crippen LogP contribution in [-0.2, 0) is 6.54 Å². The maximum absolute atomic E-state index is 11.9. The smallest absolute Gasteiger partial charge is 0.308 e. The summed E-state index contributed by atoms with van der Waals surface area (Å²) in [5.41, 5.74) is 0.908. The first-order valence-electron chi connectivity index (χ1n) is 6.69. The van der Waals surface area contributed by atoms with Crippen LogP contribution in [-0.4, -0.2) is 28.9 Å². The lowest BCUT2D eigenvalue weighted by molar-refractivity contribution is 0.152. The lowest BCUT2D eigenvalue weighted by Crippen LogP contribution is -2.32. The number of nitrogens with zero attached hydrogens (tertiary/aromatic N) is 1. The minimum Gasteiger partial charge on any atom is -0.390 e. The number of nitrogens with one attached hydrogen (secondary N) is 1. The Morgan fingerprint density at radius 1 is 1.42 bits per heavy atom. The number of hydrogen-bond donors (Lipinski definition) is 2. The van der Waals surface area contributed by atoms with E-state index in [-0.39, 0.29) is 4.87 Å². The van der Waals surface area contributed by atoms with Crippen LogP contribution in [0.3, 0.4) is 0 Å². The van der Waals surface area contributed by atoms with Gasteiger partial charge in [-0.3, -0.25) is 9.36 Å². The summed E-state index contributed by atoms with van der Waals surface area (Å²) in [5.74, 6) is 0. The highest BCUT2D eigenvalue weighted by atomic mass is 32.1. The minimum atomic E-state index is -0.535. The molecule has 0 aliphatic heterocycles. The summed E-state index contributed by atoms with van der Waals surface area (Å²) in [4.78, 5) is 11.9.